The molecule has 0 saturated carbocycles. The molecule has 0 aliphatic heterocycles. The van der Waals surface area contributed by atoms with Crippen molar-refractivity contribution >= 4 is 17.6 Å². The van der Waals surface area contributed by atoms with Crippen molar-refractivity contribution in [3.63, 3.8) is 0 Å². The van der Waals surface area contributed by atoms with Crippen LogP contribution in [0.4, 0.5) is 0 Å². The maximum atomic E-state index is 11.1. The van der Waals surface area contributed by atoms with E-state index in [2.05, 4.69) is 0 Å². The number of ether oxygens (including phenoxy) is 1. The molecule has 2 N–H and O–H groups in total. The molecule has 0 atom stereocenters. The predicted molar refractivity (Wildman–Crippen MR) is 90.1 cm³/mol. The quantitative estimate of drug-likeness (QED) is 0.753. The number of primary amides is 1. The van der Waals surface area contributed by atoms with Crippen LogP contribution in [0.1, 0.15) is 11.3 Å². The lowest BCUT2D eigenvalue weighted by Gasteiger charge is -2.03. The molecular formula is C18H17N3O2. The molecular weight excluding hydrogens is 290 g/mol. The van der Waals surface area contributed by atoms with E-state index in [0.29, 0.717) is 0 Å². The first kappa shape index (κ1) is 14.8. The van der Waals surface area contributed by atoms with Crippen LogP contribution in [0, 0.1) is 6.92 Å². The third kappa shape index (κ3) is 2.94. The van der Waals surface area contributed by atoms with Gasteiger partial charge in [0.15, 0.2) is 0 Å². The van der Waals surface area contributed by atoms with Gasteiger partial charge >= 0.3 is 0 Å². The van der Waals surface area contributed by atoms with Crippen LogP contribution in [0.3, 0.4) is 0 Å². The van der Waals surface area contributed by atoms with Crippen molar-refractivity contribution in [2.24, 2.45) is 5.73 Å². The monoisotopic (exact) mass is 307 g/mol. The van der Waals surface area contributed by atoms with Crippen molar-refractivity contribution in [1.29, 1.82) is 0 Å². The number of aromatic nitrogens is 2. The molecule has 5 heteroatoms. The topological polar surface area (TPSA) is 69.6 Å². The number of rotatable bonds is 4. The number of imidazole rings is 1. The summed E-state index contributed by atoms with van der Waals surface area (Å²) in [6.07, 6.45) is 4.97. The number of carbonyl (C=O) groups excluding carboxylic acids is 1. The van der Waals surface area contributed by atoms with Crippen LogP contribution in [0.5, 0.6) is 5.75 Å². The van der Waals surface area contributed by atoms with Crippen LogP contribution < -0.4 is 10.5 Å². The molecule has 0 aliphatic carbocycles. The normalized spacial score (nSPS) is 11.2. The summed E-state index contributed by atoms with van der Waals surface area (Å²) >= 11 is 0. The fraction of sp³-hybridized carbons (Fsp3) is 0.111. The van der Waals surface area contributed by atoms with Crippen molar-refractivity contribution in [3.8, 4) is 17.0 Å². The Kier molecular flexibility index (Phi) is 3.85. The first-order chi connectivity index (χ1) is 11.1. The smallest absolute Gasteiger partial charge is 0.241 e. The summed E-state index contributed by atoms with van der Waals surface area (Å²) < 4.78 is 7.12. The van der Waals surface area contributed by atoms with E-state index in [-0.39, 0.29) is 0 Å². The van der Waals surface area contributed by atoms with Crippen molar-refractivity contribution < 1.29 is 9.53 Å². The number of aryl methyl sites for hydroxylation is 1. The lowest BCUT2D eigenvalue weighted by molar-refractivity contribution is -0.113. The Morgan fingerprint density at radius 3 is 2.65 bits per heavy atom. The van der Waals surface area contributed by atoms with Crippen LogP contribution >= 0.6 is 0 Å². The molecule has 0 unspecified atom stereocenters. The van der Waals surface area contributed by atoms with Crippen LogP contribution in [0.25, 0.3) is 23.0 Å². The third-order valence-corrected chi connectivity index (χ3v) is 3.59. The molecule has 2 aromatic heterocycles. The van der Waals surface area contributed by atoms with E-state index in [9.17, 15) is 4.79 Å². The van der Waals surface area contributed by atoms with Crippen LogP contribution in [0.15, 0.2) is 48.7 Å². The first-order valence-corrected chi connectivity index (χ1v) is 7.19. The first-order valence-electron chi connectivity index (χ1n) is 7.19. The summed E-state index contributed by atoms with van der Waals surface area (Å²) in [4.78, 5) is 15.8. The van der Waals surface area contributed by atoms with Gasteiger partial charge in [-0.1, -0.05) is 0 Å². The fourth-order valence-corrected chi connectivity index (χ4v) is 2.45. The van der Waals surface area contributed by atoms with Crippen molar-refractivity contribution in [3.05, 3.63) is 59.9 Å². The van der Waals surface area contributed by atoms with E-state index in [0.717, 1.165) is 33.9 Å². The number of fused-ring (bicyclic) bond motifs is 1. The van der Waals surface area contributed by atoms with Gasteiger partial charge in [-0.2, -0.15) is 0 Å². The van der Waals surface area contributed by atoms with Gasteiger partial charge in [0.05, 0.1) is 18.5 Å². The summed E-state index contributed by atoms with van der Waals surface area (Å²) in [5, 5.41) is 0. The van der Waals surface area contributed by atoms with Gasteiger partial charge in [0.2, 0.25) is 5.91 Å². The molecule has 0 fully saturated rings. The molecule has 0 radical (unpaired) electrons. The number of benzene rings is 1. The van der Waals surface area contributed by atoms with Crippen LogP contribution in [-0.4, -0.2) is 22.4 Å². The maximum Gasteiger partial charge on any atom is 0.241 e. The molecule has 3 aromatic rings. The summed E-state index contributed by atoms with van der Waals surface area (Å²) in [6, 6.07) is 11.6. The number of carbonyl (C=O) groups is 1. The Bertz CT molecular complexity index is 893. The highest BCUT2D eigenvalue weighted by Gasteiger charge is 2.12. The van der Waals surface area contributed by atoms with Crippen LogP contribution in [0.2, 0.25) is 0 Å². The van der Waals surface area contributed by atoms with Gasteiger partial charge in [0.1, 0.15) is 11.4 Å². The molecule has 0 aliphatic rings. The highest BCUT2D eigenvalue weighted by molar-refractivity contribution is 5.91. The Balaban J connectivity index is 2.20. The number of hydrogen-bond acceptors (Lipinski definition) is 3. The molecule has 23 heavy (non-hydrogen) atoms. The molecule has 2 heterocycles. The summed E-state index contributed by atoms with van der Waals surface area (Å²) in [6.45, 7) is 2.01. The number of amides is 1. The summed E-state index contributed by atoms with van der Waals surface area (Å²) in [5.74, 6) is 0.287. The van der Waals surface area contributed by atoms with Gasteiger partial charge in [-0.05, 0) is 55.0 Å². The number of nitrogens with zero attached hydrogens (tertiary/aromatic N) is 2. The van der Waals surface area contributed by atoms with Crippen LogP contribution in [-0.2, 0) is 4.79 Å². The number of nitrogens with two attached hydrogens (primary N) is 1. The minimum absolute atomic E-state index is 0.493. The van der Waals surface area contributed by atoms with E-state index in [1.807, 2.05) is 53.9 Å². The second-order valence-electron chi connectivity index (χ2n) is 5.24. The minimum atomic E-state index is -0.493. The standard InChI is InChI=1S/C18H17N3O2/c1-12-9-10-21-15(7-8-16(19)22)18(20-17(21)11-12)13-3-5-14(23-2)6-4-13/h3-11H,1-2H3,(H2,19,22)/b8-7+. The lowest BCUT2D eigenvalue weighted by atomic mass is 10.1. The van der Waals surface area contributed by atoms with E-state index < -0.39 is 5.91 Å². The number of hydrogen-bond donors (Lipinski definition) is 1. The Labute approximate surface area is 134 Å². The Hall–Kier alpha value is -3.08. The second kappa shape index (κ2) is 5.96. The summed E-state index contributed by atoms with van der Waals surface area (Å²) in [7, 11) is 1.63. The van der Waals surface area contributed by atoms with Gasteiger partial charge in [-0.15, -0.1) is 0 Å². The minimum Gasteiger partial charge on any atom is -0.497 e. The van der Waals surface area contributed by atoms with Crippen molar-refractivity contribution in [2.75, 3.05) is 7.11 Å². The Morgan fingerprint density at radius 2 is 2.00 bits per heavy atom. The van der Waals surface area contributed by atoms with E-state index in [1.165, 1.54) is 6.08 Å². The second-order valence-corrected chi connectivity index (χ2v) is 5.24. The SMILES string of the molecule is COc1ccc(-c2nc3cc(C)ccn3c2/C=C/C(N)=O)cc1. The largest absolute Gasteiger partial charge is 0.497 e. The van der Waals surface area contributed by atoms with E-state index in [1.54, 1.807) is 13.2 Å². The number of methoxy groups -OCH3 is 1. The van der Waals surface area contributed by atoms with E-state index in [4.69, 9.17) is 15.5 Å². The maximum absolute atomic E-state index is 11.1. The van der Waals surface area contributed by atoms with Gasteiger partial charge < -0.3 is 10.5 Å². The zero-order valence-electron chi connectivity index (χ0n) is 13.0. The van der Waals surface area contributed by atoms with Gasteiger partial charge in [0, 0.05) is 17.8 Å². The number of pyridine rings is 1. The molecule has 0 saturated heterocycles. The highest BCUT2D eigenvalue weighted by atomic mass is 16.5. The highest BCUT2D eigenvalue weighted by Crippen LogP contribution is 2.27. The average molecular weight is 307 g/mol. The molecule has 3 rings (SSSR count). The van der Waals surface area contributed by atoms with Gasteiger partial charge in [-0.25, -0.2) is 4.98 Å². The molecule has 0 bridgehead atoms. The Morgan fingerprint density at radius 1 is 1.26 bits per heavy atom. The lowest BCUT2D eigenvalue weighted by Crippen LogP contribution is -2.05. The van der Waals surface area contributed by atoms with E-state index >= 15 is 0 Å². The summed E-state index contributed by atoms with van der Waals surface area (Å²) in [5.41, 5.74) is 9.71. The average Bonchev–Trinajstić information content (AvgIpc) is 2.90. The third-order valence-electron chi connectivity index (χ3n) is 3.59. The fourth-order valence-electron chi connectivity index (χ4n) is 2.45. The zero-order valence-corrected chi connectivity index (χ0v) is 13.0. The van der Waals surface area contributed by atoms with Crippen molar-refractivity contribution in [1.82, 2.24) is 9.38 Å². The molecule has 0 spiro atoms. The van der Waals surface area contributed by atoms with Gasteiger partial charge in [-0.3, -0.25) is 9.20 Å². The van der Waals surface area contributed by atoms with Crippen molar-refractivity contribution in [2.45, 2.75) is 6.92 Å². The zero-order chi connectivity index (χ0) is 16.4. The molecule has 116 valence electrons. The predicted octanol–water partition coefficient (Wildman–Crippen LogP) is 2.82. The molecule has 1 amide bonds. The molecule has 1 aromatic carbocycles. The van der Waals surface area contributed by atoms with Gasteiger partial charge in [0.25, 0.3) is 0 Å². The molecule has 5 nitrogen and oxygen atoms in total.